The van der Waals surface area contributed by atoms with Gasteiger partial charge in [-0.15, -0.1) is 0 Å². The van der Waals surface area contributed by atoms with E-state index in [2.05, 4.69) is 5.32 Å². The summed E-state index contributed by atoms with van der Waals surface area (Å²) in [5, 5.41) is 12.6. The maximum atomic E-state index is 13.7. The molecule has 17 heavy (non-hydrogen) atoms. The van der Waals surface area contributed by atoms with Crippen molar-refractivity contribution in [3.8, 4) is 0 Å². The molecule has 0 aromatic heterocycles. The molecular weight excluding hydrogens is 226 g/mol. The maximum absolute atomic E-state index is 13.7. The van der Waals surface area contributed by atoms with Gasteiger partial charge in [-0.3, -0.25) is 4.90 Å². The van der Waals surface area contributed by atoms with E-state index in [4.69, 9.17) is 0 Å². The molecule has 1 aromatic carbocycles. The molecule has 2 rings (SSSR count). The van der Waals surface area contributed by atoms with Crippen LogP contribution in [-0.4, -0.2) is 42.8 Å². The average molecular weight is 242 g/mol. The molecule has 0 unspecified atom stereocenters. The molecule has 0 aliphatic carbocycles. The molecule has 0 amide bonds. The molecule has 1 heterocycles. The Kier molecular flexibility index (Phi) is 4.04. The first-order valence-corrected chi connectivity index (χ1v) is 5.73. The van der Waals surface area contributed by atoms with Crippen molar-refractivity contribution < 1.29 is 13.9 Å². The van der Waals surface area contributed by atoms with Crippen LogP contribution in [0.3, 0.4) is 0 Å². The van der Waals surface area contributed by atoms with E-state index in [1.807, 2.05) is 4.90 Å². The van der Waals surface area contributed by atoms with Gasteiger partial charge in [0.05, 0.1) is 12.6 Å². The zero-order valence-corrected chi connectivity index (χ0v) is 9.50. The van der Waals surface area contributed by atoms with Crippen molar-refractivity contribution in [2.75, 3.05) is 32.8 Å². The highest BCUT2D eigenvalue weighted by Gasteiger charge is 2.24. The molecule has 0 spiro atoms. The van der Waals surface area contributed by atoms with Crippen LogP contribution >= 0.6 is 0 Å². The SMILES string of the molecule is OC[C@H](c1cccc(F)c1F)N1CCNCC1. The third-order valence-electron chi connectivity index (χ3n) is 3.11. The van der Waals surface area contributed by atoms with E-state index >= 15 is 0 Å². The molecule has 1 aromatic rings. The summed E-state index contributed by atoms with van der Waals surface area (Å²) in [5.74, 6) is -1.72. The van der Waals surface area contributed by atoms with Gasteiger partial charge < -0.3 is 10.4 Å². The Hall–Kier alpha value is -1.04. The summed E-state index contributed by atoms with van der Waals surface area (Å²) in [6.45, 7) is 2.84. The van der Waals surface area contributed by atoms with Crippen LogP contribution in [0.2, 0.25) is 0 Å². The predicted octanol–water partition coefficient (Wildman–Crippen LogP) is 0.903. The fourth-order valence-electron chi connectivity index (χ4n) is 2.18. The van der Waals surface area contributed by atoms with E-state index in [-0.39, 0.29) is 12.2 Å². The highest BCUT2D eigenvalue weighted by Crippen LogP contribution is 2.24. The van der Waals surface area contributed by atoms with Crippen LogP contribution in [0.5, 0.6) is 0 Å². The number of nitrogens with one attached hydrogen (secondary N) is 1. The van der Waals surface area contributed by atoms with Crippen LogP contribution < -0.4 is 5.32 Å². The summed E-state index contributed by atoms with van der Waals surface area (Å²) < 4.78 is 26.8. The van der Waals surface area contributed by atoms with Gasteiger partial charge in [0.2, 0.25) is 0 Å². The van der Waals surface area contributed by atoms with Gasteiger partial charge in [0, 0.05) is 31.7 Å². The fourth-order valence-corrected chi connectivity index (χ4v) is 2.18. The summed E-state index contributed by atoms with van der Waals surface area (Å²) >= 11 is 0. The average Bonchev–Trinajstić information content (AvgIpc) is 2.37. The lowest BCUT2D eigenvalue weighted by Gasteiger charge is -2.34. The number of hydrogen-bond acceptors (Lipinski definition) is 3. The van der Waals surface area contributed by atoms with Crippen LogP contribution in [0.15, 0.2) is 18.2 Å². The molecule has 0 radical (unpaired) electrons. The standard InChI is InChI=1S/C12H16F2N2O/c13-10-3-1-2-9(12(10)14)11(8-17)16-6-4-15-5-7-16/h1-3,11,15,17H,4-8H2/t11-/m1/s1. The van der Waals surface area contributed by atoms with Gasteiger partial charge in [-0.05, 0) is 6.07 Å². The van der Waals surface area contributed by atoms with Gasteiger partial charge in [-0.25, -0.2) is 8.78 Å². The van der Waals surface area contributed by atoms with Crippen LogP contribution in [0.1, 0.15) is 11.6 Å². The van der Waals surface area contributed by atoms with Gasteiger partial charge in [0.1, 0.15) is 0 Å². The first kappa shape index (κ1) is 12.4. The summed E-state index contributed by atoms with van der Waals surface area (Å²) in [6, 6.07) is 3.62. The number of halogens is 2. The number of aliphatic hydroxyl groups is 1. The Morgan fingerprint density at radius 2 is 2.00 bits per heavy atom. The van der Waals surface area contributed by atoms with Crippen LogP contribution in [0, 0.1) is 11.6 Å². The van der Waals surface area contributed by atoms with Gasteiger partial charge in [0.25, 0.3) is 0 Å². The molecule has 5 heteroatoms. The second kappa shape index (κ2) is 5.53. The second-order valence-corrected chi connectivity index (χ2v) is 4.13. The number of nitrogens with zero attached hydrogens (tertiary/aromatic N) is 1. The first-order valence-electron chi connectivity index (χ1n) is 5.73. The van der Waals surface area contributed by atoms with E-state index in [1.54, 1.807) is 0 Å². The molecular formula is C12H16F2N2O. The predicted molar refractivity (Wildman–Crippen MR) is 60.6 cm³/mol. The van der Waals surface area contributed by atoms with Crippen molar-refractivity contribution >= 4 is 0 Å². The molecule has 1 aliphatic rings. The molecule has 3 nitrogen and oxygen atoms in total. The van der Waals surface area contributed by atoms with Crippen molar-refractivity contribution in [1.82, 2.24) is 10.2 Å². The molecule has 94 valence electrons. The Labute approximate surface area is 99.1 Å². The van der Waals surface area contributed by atoms with E-state index in [1.165, 1.54) is 12.1 Å². The number of hydrogen-bond donors (Lipinski definition) is 2. The third kappa shape index (κ3) is 2.62. The van der Waals surface area contributed by atoms with Crippen molar-refractivity contribution in [2.45, 2.75) is 6.04 Å². The highest BCUT2D eigenvalue weighted by atomic mass is 19.2. The van der Waals surface area contributed by atoms with Crippen molar-refractivity contribution in [3.63, 3.8) is 0 Å². The van der Waals surface area contributed by atoms with Gasteiger partial charge in [0.15, 0.2) is 11.6 Å². The minimum atomic E-state index is -0.865. The largest absolute Gasteiger partial charge is 0.394 e. The summed E-state index contributed by atoms with van der Waals surface area (Å²) in [5.41, 5.74) is 0.231. The molecule has 0 bridgehead atoms. The minimum absolute atomic E-state index is 0.208. The monoisotopic (exact) mass is 242 g/mol. The first-order chi connectivity index (χ1) is 8.24. The topological polar surface area (TPSA) is 35.5 Å². The van der Waals surface area contributed by atoms with Crippen molar-refractivity contribution in [3.05, 3.63) is 35.4 Å². The van der Waals surface area contributed by atoms with Crippen molar-refractivity contribution in [1.29, 1.82) is 0 Å². The van der Waals surface area contributed by atoms with E-state index in [0.29, 0.717) is 0 Å². The Bertz CT molecular complexity index is 381. The van der Waals surface area contributed by atoms with Crippen LogP contribution in [0.25, 0.3) is 0 Å². The smallest absolute Gasteiger partial charge is 0.163 e. The number of benzene rings is 1. The molecule has 1 fully saturated rings. The quantitative estimate of drug-likeness (QED) is 0.826. The lowest BCUT2D eigenvalue weighted by molar-refractivity contribution is 0.108. The number of aliphatic hydroxyl groups excluding tert-OH is 1. The normalized spacial score (nSPS) is 19.2. The molecule has 2 N–H and O–H groups in total. The third-order valence-corrected chi connectivity index (χ3v) is 3.11. The zero-order valence-electron chi connectivity index (χ0n) is 9.50. The lowest BCUT2D eigenvalue weighted by atomic mass is 10.0. The molecule has 1 aliphatic heterocycles. The summed E-state index contributed by atoms with van der Waals surface area (Å²) in [6.07, 6.45) is 0. The van der Waals surface area contributed by atoms with Crippen molar-refractivity contribution in [2.24, 2.45) is 0 Å². The second-order valence-electron chi connectivity index (χ2n) is 4.13. The highest BCUT2D eigenvalue weighted by molar-refractivity contribution is 5.23. The maximum Gasteiger partial charge on any atom is 0.163 e. The fraction of sp³-hybridized carbons (Fsp3) is 0.500. The van der Waals surface area contributed by atoms with E-state index in [0.717, 1.165) is 32.2 Å². The van der Waals surface area contributed by atoms with Crippen LogP contribution in [-0.2, 0) is 0 Å². The molecule has 1 atom stereocenters. The van der Waals surface area contributed by atoms with Gasteiger partial charge >= 0.3 is 0 Å². The van der Waals surface area contributed by atoms with E-state index < -0.39 is 17.7 Å². The number of piperazine rings is 1. The molecule has 0 saturated carbocycles. The Balaban J connectivity index is 2.24. The Morgan fingerprint density at radius 1 is 1.29 bits per heavy atom. The van der Waals surface area contributed by atoms with E-state index in [9.17, 15) is 13.9 Å². The van der Waals surface area contributed by atoms with Gasteiger partial charge in [-0.2, -0.15) is 0 Å². The van der Waals surface area contributed by atoms with Gasteiger partial charge in [-0.1, -0.05) is 12.1 Å². The summed E-state index contributed by atoms with van der Waals surface area (Å²) in [7, 11) is 0. The number of rotatable bonds is 3. The summed E-state index contributed by atoms with van der Waals surface area (Å²) in [4.78, 5) is 1.97. The lowest BCUT2D eigenvalue weighted by Crippen LogP contribution is -2.46. The zero-order chi connectivity index (χ0) is 12.3. The Morgan fingerprint density at radius 3 is 2.65 bits per heavy atom. The molecule has 1 saturated heterocycles. The minimum Gasteiger partial charge on any atom is -0.394 e. The van der Waals surface area contributed by atoms with Crippen LogP contribution in [0.4, 0.5) is 8.78 Å².